The molecule has 0 unspecified atom stereocenters. The first-order chi connectivity index (χ1) is 10.1. The quantitative estimate of drug-likeness (QED) is 0.867. The molecule has 1 aliphatic heterocycles. The number of benzene rings is 2. The van der Waals surface area contributed by atoms with E-state index in [9.17, 15) is 4.79 Å². The first-order valence-electron chi connectivity index (χ1n) is 6.29. The Labute approximate surface area is 135 Å². The van der Waals surface area contributed by atoms with E-state index in [-0.39, 0.29) is 5.91 Å². The summed E-state index contributed by atoms with van der Waals surface area (Å²) in [7, 11) is 0. The highest BCUT2D eigenvalue weighted by Crippen LogP contribution is 2.38. The van der Waals surface area contributed by atoms with Crippen LogP contribution in [0.25, 0.3) is 0 Å². The molecule has 2 aromatic carbocycles. The molecular weight excluding hydrogens is 358 g/mol. The largest absolute Gasteiger partial charge is 0.486 e. The lowest BCUT2D eigenvalue weighted by Crippen LogP contribution is -2.16. The maximum atomic E-state index is 12.2. The van der Waals surface area contributed by atoms with Gasteiger partial charge in [-0.05, 0) is 24.3 Å². The Kier molecular flexibility index (Phi) is 4.03. The van der Waals surface area contributed by atoms with Gasteiger partial charge in [-0.25, -0.2) is 0 Å². The summed E-state index contributed by atoms with van der Waals surface area (Å²) in [6, 6.07) is 10.4. The lowest BCUT2D eigenvalue weighted by atomic mass is 10.2. The summed E-state index contributed by atoms with van der Waals surface area (Å²) in [6.45, 7) is 0.975. The topological polar surface area (TPSA) is 47.6 Å². The van der Waals surface area contributed by atoms with Crippen LogP contribution in [0.3, 0.4) is 0 Å². The SMILES string of the molecule is O=C(Nc1cc2c(cc1Cl)OCCO2)c1ccc(Br)cc1. The van der Waals surface area contributed by atoms with Crippen molar-refractivity contribution in [3.05, 3.63) is 51.5 Å². The van der Waals surface area contributed by atoms with Gasteiger partial charge in [-0.1, -0.05) is 27.5 Å². The zero-order valence-electron chi connectivity index (χ0n) is 10.9. The van der Waals surface area contributed by atoms with Crippen molar-refractivity contribution in [1.82, 2.24) is 0 Å². The highest BCUT2D eigenvalue weighted by atomic mass is 79.9. The summed E-state index contributed by atoms with van der Waals surface area (Å²) < 4.78 is 11.8. The first kappa shape index (κ1) is 14.2. The summed E-state index contributed by atoms with van der Waals surface area (Å²) in [6.07, 6.45) is 0. The molecular formula is C15H11BrClNO3. The Morgan fingerprint density at radius 3 is 2.38 bits per heavy atom. The lowest BCUT2D eigenvalue weighted by molar-refractivity contribution is 0.102. The Bertz CT molecular complexity index is 688. The molecule has 0 saturated carbocycles. The molecule has 2 aromatic rings. The number of hydrogen-bond donors (Lipinski definition) is 1. The van der Waals surface area contributed by atoms with Gasteiger partial charge >= 0.3 is 0 Å². The fourth-order valence-electron chi connectivity index (χ4n) is 1.96. The maximum absolute atomic E-state index is 12.2. The van der Waals surface area contributed by atoms with E-state index in [0.717, 1.165) is 4.47 Å². The lowest BCUT2D eigenvalue weighted by Gasteiger charge is -2.20. The third kappa shape index (κ3) is 3.14. The van der Waals surface area contributed by atoms with Crippen molar-refractivity contribution in [3.63, 3.8) is 0 Å². The van der Waals surface area contributed by atoms with Gasteiger partial charge in [-0.2, -0.15) is 0 Å². The molecule has 0 bridgehead atoms. The van der Waals surface area contributed by atoms with Gasteiger partial charge < -0.3 is 14.8 Å². The number of anilines is 1. The van der Waals surface area contributed by atoms with Gasteiger partial charge in [-0.15, -0.1) is 0 Å². The second-order valence-corrected chi connectivity index (χ2v) is 5.76. The number of nitrogens with one attached hydrogen (secondary N) is 1. The molecule has 1 N–H and O–H groups in total. The highest BCUT2D eigenvalue weighted by molar-refractivity contribution is 9.10. The first-order valence-corrected chi connectivity index (χ1v) is 7.46. The summed E-state index contributed by atoms with van der Waals surface area (Å²) >= 11 is 9.49. The molecule has 1 aliphatic rings. The van der Waals surface area contributed by atoms with Gasteiger partial charge in [0.25, 0.3) is 5.91 Å². The highest BCUT2D eigenvalue weighted by Gasteiger charge is 2.16. The fraction of sp³-hybridized carbons (Fsp3) is 0.133. The fourth-order valence-corrected chi connectivity index (χ4v) is 2.42. The van der Waals surface area contributed by atoms with Gasteiger partial charge in [0, 0.05) is 22.2 Å². The molecule has 0 aliphatic carbocycles. The Hall–Kier alpha value is -1.72. The zero-order valence-corrected chi connectivity index (χ0v) is 13.2. The third-order valence-corrected chi connectivity index (χ3v) is 3.83. The summed E-state index contributed by atoms with van der Waals surface area (Å²) in [5, 5.41) is 3.18. The molecule has 4 nitrogen and oxygen atoms in total. The number of carbonyl (C=O) groups is 1. The van der Waals surface area contributed by atoms with E-state index in [2.05, 4.69) is 21.2 Å². The van der Waals surface area contributed by atoms with Gasteiger partial charge in [-0.3, -0.25) is 4.79 Å². The third-order valence-electron chi connectivity index (χ3n) is 2.99. The maximum Gasteiger partial charge on any atom is 0.255 e. The Morgan fingerprint density at radius 2 is 1.71 bits per heavy atom. The van der Waals surface area contributed by atoms with E-state index in [0.29, 0.717) is 41.0 Å². The van der Waals surface area contributed by atoms with E-state index in [4.69, 9.17) is 21.1 Å². The van der Waals surface area contributed by atoms with Crippen molar-refractivity contribution in [2.24, 2.45) is 0 Å². The molecule has 0 aromatic heterocycles. The van der Waals surface area contributed by atoms with Crippen LogP contribution in [-0.4, -0.2) is 19.1 Å². The minimum absolute atomic E-state index is 0.235. The molecule has 0 atom stereocenters. The number of ether oxygens (including phenoxy) is 2. The molecule has 6 heteroatoms. The van der Waals surface area contributed by atoms with Crippen LogP contribution in [0.1, 0.15) is 10.4 Å². The standard InChI is InChI=1S/C15H11BrClNO3/c16-10-3-1-9(2-4-10)15(19)18-12-8-14-13(7-11(12)17)20-5-6-21-14/h1-4,7-8H,5-6H2,(H,18,19). The van der Waals surface area contributed by atoms with Gasteiger partial charge in [0.2, 0.25) is 0 Å². The predicted octanol–water partition coefficient (Wildman–Crippen LogP) is 4.13. The number of halogens is 2. The van der Waals surface area contributed by atoms with E-state index in [1.165, 1.54) is 0 Å². The second-order valence-electron chi connectivity index (χ2n) is 4.44. The number of rotatable bonds is 2. The molecule has 0 saturated heterocycles. The van der Waals surface area contributed by atoms with Crippen LogP contribution < -0.4 is 14.8 Å². The van der Waals surface area contributed by atoms with Crippen LogP contribution in [0.4, 0.5) is 5.69 Å². The molecule has 0 fully saturated rings. The van der Waals surface area contributed by atoms with Crippen LogP contribution in [0.2, 0.25) is 5.02 Å². The molecule has 108 valence electrons. The van der Waals surface area contributed by atoms with Crippen LogP contribution in [0, 0.1) is 0 Å². The summed E-state index contributed by atoms with van der Waals surface area (Å²) in [5.74, 6) is 0.936. The van der Waals surface area contributed by atoms with Crippen molar-refractivity contribution >= 4 is 39.1 Å². The van der Waals surface area contributed by atoms with E-state index in [1.54, 1.807) is 36.4 Å². The van der Waals surface area contributed by atoms with Crippen LogP contribution in [0.15, 0.2) is 40.9 Å². The molecule has 0 radical (unpaired) electrons. The van der Waals surface area contributed by atoms with E-state index >= 15 is 0 Å². The van der Waals surface area contributed by atoms with Gasteiger partial charge in [0.05, 0.1) is 10.7 Å². The molecule has 0 spiro atoms. The number of hydrogen-bond acceptors (Lipinski definition) is 3. The van der Waals surface area contributed by atoms with Crippen molar-refractivity contribution in [1.29, 1.82) is 0 Å². The number of carbonyl (C=O) groups excluding carboxylic acids is 1. The summed E-state index contributed by atoms with van der Waals surface area (Å²) in [5.41, 5.74) is 1.04. The van der Waals surface area contributed by atoms with Crippen LogP contribution in [0.5, 0.6) is 11.5 Å². The second kappa shape index (κ2) is 5.95. The normalized spacial score (nSPS) is 12.9. The van der Waals surface area contributed by atoms with Crippen LogP contribution >= 0.6 is 27.5 Å². The van der Waals surface area contributed by atoms with Crippen molar-refractivity contribution in [3.8, 4) is 11.5 Å². The minimum Gasteiger partial charge on any atom is -0.486 e. The number of amides is 1. The summed E-state index contributed by atoms with van der Waals surface area (Å²) in [4.78, 5) is 12.2. The molecule has 1 amide bonds. The van der Waals surface area contributed by atoms with Crippen molar-refractivity contribution < 1.29 is 14.3 Å². The van der Waals surface area contributed by atoms with Crippen LogP contribution in [-0.2, 0) is 0 Å². The molecule has 3 rings (SSSR count). The number of fused-ring (bicyclic) bond motifs is 1. The van der Waals surface area contributed by atoms with Crippen molar-refractivity contribution in [2.45, 2.75) is 0 Å². The Morgan fingerprint density at radius 1 is 1.10 bits per heavy atom. The smallest absolute Gasteiger partial charge is 0.255 e. The molecule has 21 heavy (non-hydrogen) atoms. The Balaban J connectivity index is 1.84. The van der Waals surface area contributed by atoms with Crippen molar-refractivity contribution in [2.75, 3.05) is 18.5 Å². The van der Waals surface area contributed by atoms with Gasteiger partial charge in [0.1, 0.15) is 13.2 Å². The van der Waals surface area contributed by atoms with Gasteiger partial charge in [0.15, 0.2) is 11.5 Å². The average molecular weight is 369 g/mol. The zero-order chi connectivity index (χ0) is 14.8. The minimum atomic E-state index is -0.235. The predicted molar refractivity (Wildman–Crippen MR) is 84.5 cm³/mol. The average Bonchev–Trinajstić information content (AvgIpc) is 2.48. The molecule has 1 heterocycles. The van der Waals surface area contributed by atoms with E-state index in [1.807, 2.05) is 0 Å². The van der Waals surface area contributed by atoms with E-state index < -0.39 is 0 Å². The monoisotopic (exact) mass is 367 g/mol.